The zero-order chi connectivity index (χ0) is 66.5. The largest absolute Gasteiger partial charge is 0.307 e. The van der Waals surface area contributed by atoms with Gasteiger partial charge in [-0.3, -0.25) is 4.98 Å². The van der Waals surface area contributed by atoms with Crippen LogP contribution < -0.4 is 0 Å². The maximum absolute atomic E-state index is 13.4. The van der Waals surface area contributed by atoms with Crippen molar-refractivity contribution in [1.29, 1.82) is 5.26 Å². The SMILES string of the molecule is N#Cc1c(-c2ccncc2)c(-c2c(-c3ccccc3)cccc2-c2ccccc2)c(-n2c3ccc(-c4ccccc4)cc3c3cc(-c4ccccc4)ccc32)c(-n2c3ccc(-c4ccccc4)cc3c3cc(-c4ccccc4)ccc32)c1-c1c(-c2ccccc2)cccc1-c1ccccc1. The fourth-order valence-corrected chi connectivity index (χ4v) is 15.4. The molecule has 3 heterocycles. The van der Waals surface area contributed by atoms with E-state index in [-0.39, 0.29) is 0 Å². The Morgan fingerprint density at radius 2 is 0.470 bits per heavy atom. The lowest BCUT2D eigenvalue weighted by molar-refractivity contribution is 1.10. The van der Waals surface area contributed by atoms with Crippen LogP contribution >= 0.6 is 0 Å². The molecule has 15 aromatic carbocycles. The fraction of sp³-hybridized carbons (Fsp3) is 0. The van der Waals surface area contributed by atoms with Crippen molar-refractivity contribution in [1.82, 2.24) is 14.1 Å². The molecule has 0 radical (unpaired) electrons. The molecule has 4 nitrogen and oxygen atoms in total. The number of pyridine rings is 1. The first-order valence-corrected chi connectivity index (χ1v) is 34.1. The van der Waals surface area contributed by atoms with Gasteiger partial charge in [-0.25, -0.2) is 0 Å². The second kappa shape index (κ2) is 25.3. The highest BCUT2D eigenvalue weighted by atomic mass is 15.1. The van der Waals surface area contributed by atoms with Gasteiger partial charge in [0.1, 0.15) is 6.07 Å². The Morgan fingerprint density at radius 3 is 0.750 bits per heavy atom. The molecule has 18 aromatic rings. The van der Waals surface area contributed by atoms with Crippen LogP contribution in [0, 0.1) is 11.3 Å². The quantitative estimate of drug-likeness (QED) is 0.115. The molecule has 0 saturated heterocycles. The summed E-state index contributed by atoms with van der Waals surface area (Å²) in [6, 6.07) is 135. The predicted octanol–water partition coefficient (Wildman–Crippen LogP) is 25.5. The van der Waals surface area contributed by atoms with E-state index in [0.717, 1.165) is 177 Å². The van der Waals surface area contributed by atoms with Crippen molar-refractivity contribution in [2.75, 3.05) is 0 Å². The molecule has 0 aliphatic rings. The van der Waals surface area contributed by atoms with E-state index in [4.69, 9.17) is 4.98 Å². The first-order valence-electron chi connectivity index (χ1n) is 34.1. The van der Waals surface area contributed by atoms with E-state index in [1.54, 1.807) is 0 Å². The Labute approximate surface area is 581 Å². The molecular weight excluding hydrogens is 1210 g/mol. The molecule has 3 aromatic heterocycles. The molecule has 0 bridgehead atoms. The Bertz CT molecular complexity index is 5830. The highest BCUT2D eigenvalue weighted by molar-refractivity contribution is 6.19. The second-order valence-electron chi connectivity index (χ2n) is 25.5. The number of nitrogens with zero attached hydrogens (tertiary/aromatic N) is 4. The average molecular weight is 1270 g/mol. The molecule has 0 saturated carbocycles. The predicted molar refractivity (Wildman–Crippen MR) is 417 cm³/mol. The van der Waals surface area contributed by atoms with Crippen LogP contribution in [0.1, 0.15) is 5.56 Å². The van der Waals surface area contributed by atoms with E-state index in [2.05, 4.69) is 379 Å². The number of nitriles is 1. The summed E-state index contributed by atoms with van der Waals surface area (Å²) in [6.45, 7) is 0. The summed E-state index contributed by atoms with van der Waals surface area (Å²) < 4.78 is 5.12. The summed E-state index contributed by atoms with van der Waals surface area (Å²) in [5.74, 6) is 0. The minimum Gasteiger partial charge on any atom is -0.307 e. The first-order chi connectivity index (χ1) is 49.6. The van der Waals surface area contributed by atoms with Gasteiger partial charge in [-0.2, -0.15) is 5.26 Å². The summed E-state index contributed by atoms with van der Waals surface area (Å²) in [4.78, 5) is 4.76. The summed E-state index contributed by atoms with van der Waals surface area (Å²) >= 11 is 0. The van der Waals surface area contributed by atoms with Crippen LogP contribution in [0.4, 0.5) is 0 Å². The van der Waals surface area contributed by atoms with Crippen molar-refractivity contribution in [3.63, 3.8) is 0 Å². The van der Waals surface area contributed by atoms with Crippen LogP contribution in [0.15, 0.2) is 376 Å². The molecule has 0 N–H and O–H groups in total. The number of hydrogen-bond donors (Lipinski definition) is 0. The smallest absolute Gasteiger partial charge is 0.101 e. The van der Waals surface area contributed by atoms with Crippen LogP contribution in [0.25, 0.3) is 177 Å². The molecule has 0 spiro atoms. The van der Waals surface area contributed by atoms with Crippen molar-refractivity contribution in [2.24, 2.45) is 0 Å². The lowest BCUT2D eigenvalue weighted by Gasteiger charge is -2.31. The highest BCUT2D eigenvalue weighted by Crippen LogP contribution is 2.58. The Morgan fingerprint density at radius 1 is 0.210 bits per heavy atom. The number of aromatic nitrogens is 3. The Hall–Kier alpha value is -13.5. The number of benzene rings is 15. The number of hydrogen-bond acceptors (Lipinski definition) is 2. The molecule has 0 aliphatic heterocycles. The average Bonchev–Trinajstić information content (AvgIpc) is 1.34. The van der Waals surface area contributed by atoms with E-state index in [1.165, 1.54) is 0 Å². The molecule has 0 unspecified atom stereocenters. The molecule has 4 heteroatoms. The Kier molecular flexibility index (Phi) is 14.9. The van der Waals surface area contributed by atoms with Gasteiger partial charge < -0.3 is 9.13 Å². The molecule has 466 valence electrons. The maximum atomic E-state index is 13.4. The summed E-state index contributed by atoms with van der Waals surface area (Å²) in [5.41, 5.74) is 28.3. The zero-order valence-electron chi connectivity index (χ0n) is 54.6. The van der Waals surface area contributed by atoms with Crippen LogP contribution in [0.3, 0.4) is 0 Å². The fourth-order valence-electron chi connectivity index (χ4n) is 15.4. The van der Waals surface area contributed by atoms with Crippen molar-refractivity contribution < 1.29 is 0 Å². The standard InChI is InChI=1S/C96H62N4/c97-63-85-90(72-55-57-98-58-56-72)94(92-79(70-39-21-7-22-40-70)45-26-46-80(92)71-41-23-8-24-42-71)96(100-88-53-49-75(66-31-13-3-14-32-66)61-83(88)84-62-76(50-54-89(84)100)67-33-15-4-16-34-67)95(93(85)91-77(68-35-17-5-18-36-68)43-25-44-78(91)69-37-19-6-20-38-69)99-86-51-47-73(64-27-9-1-10-28-64)59-81(86)82-60-74(48-52-87(82)99)65-29-11-2-12-30-65/h1-62H. The molecule has 0 fully saturated rings. The number of fused-ring (bicyclic) bond motifs is 6. The minimum atomic E-state index is 0.512. The lowest BCUT2D eigenvalue weighted by atomic mass is 9.77. The molecular formula is C96H62N4. The topological polar surface area (TPSA) is 46.5 Å². The maximum Gasteiger partial charge on any atom is 0.101 e. The Balaban J connectivity index is 1.16. The van der Waals surface area contributed by atoms with E-state index in [9.17, 15) is 5.26 Å². The summed E-state index contributed by atoms with van der Waals surface area (Å²) in [5, 5.41) is 17.7. The lowest BCUT2D eigenvalue weighted by Crippen LogP contribution is -2.13. The third-order valence-corrected chi connectivity index (χ3v) is 19.9. The second-order valence-corrected chi connectivity index (χ2v) is 25.5. The van der Waals surface area contributed by atoms with Crippen molar-refractivity contribution in [3.05, 3.63) is 382 Å². The van der Waals surface area contributed by atoms with Gasteiger partial charge in [0.2, 0.25) is 0 Å². The van der Waals surface area contributed by atoms with E-state index >= 15 is 0 Å². The third kappa shape index (κ3) is 10.2. The van der Waals surface area contributed by atoms with E-state index < -0.39 is 0 Å². The van der Waals surface area contributed by atoms with E-state index in [1.807, 2.05) is 12.4 Å². The highest BCUT2D eigenvalue weighted by Gasteiger charge is 2.36. The van der Waals surface area contributed by atoms with Crippen molar-refractivity contribution >= 4 is 43.6 Å². The molecule has 0 atom stereocenters. The van der Waals surface area contributed by atoms with Crippen molar-refractivity contribution in [3.8, 4) is 140 Å². The zero-order valence-corrected chi connectivity index (χ0v) is 54.6. The van der Waals surface area contributed by atoms with Crippen LogP contribution in [-0.2, 0) is 0 Å². The van der Waals surface area contributed by atoms with Crippen LogP contribution in [-0.4, -0.2) is 14.1 Å². The van der Waals surface area contributed by atoms with Crippen molar-refractivity contribution in [2.45, 2.75) is 0 Å². The molecule has 0 amide bonds. The van der Waals surface area contributed by atoms with Gasteiger partial charge in [0.25, 0.3) is 0 Å². The third-order valence-electron chi connectivity index (χ3n) is 19.9. The van der Waals surface area contributed by atoms with Gasteiger partial charge in [-0.05, 0) is 155 Å². The minimum absolute atomic E-state index is 0.512. The number of rotatable bonds is 13. The van der Waals surface area contributed by atoms with Gasteiger partial charge in [0, 0.05) is 61.8 Å². The monoisotopic (exact) mass is 1270 g/mol. The molecule has 100 heavy (non-hydrogen) atoms. The molecule has 0 aliphatic carbocycles. The molecule has 18 rings (SSSR count). The van der Waals surface area contributed by atoms with E-state index in [0.29, 0.717) is 5.56 Å². The van der Waals surface area contributed by atoms with Gasteiger partial charge in [-0.1, -0.05) is 303 Å². The normalized spacial score (nSPS) is 11.4. The van der Waals surface area contributed by atoms with Gasteiger partial charge in [0.15, 0.2) is 0 Å². The first kappa shape index (κ1) is 59.1. The van der Waals surface area contributed by atoms with Gasteiger partial charge in [0.05, 0.1) is 39.0 Å². The summed E-state index contributed by atoms with van der Waals surface area (Å²) in [7, 11) is 0. The van der Waals surface area contributed by atoms with Gasteiger partial charge in [-0.15, -0.1) is 0 Å². The summed E-state index contributed by atoms with van der Waals surface area (Å²) in [6.07, 6.45) is 3.75. The van der Waals surface area contributed by atoms with Gasteiger partial charge >= 0.3 is 0 Å². The van der Waals surface area contributed by atoms with Crippen LogP contribution in [0.5, 0.6) is 0 Å². The van der Waals surface area contributed by atoms with Crippen LogP contribution in [0.2, 0.25) is 0 Å².